The van der Waals surface area contributed by atoms with Gasteiger partial charge in [0.05, 0.1) is 0 Å². The average Bonchev–Trinajstić information content (AvgIpc) is 2.94. The molecule has 7 nitrogen and oxygen atoms in total. The summed E-state index contributed by atoms with van der Waals surface area (Å²) in [7, 11) is 0. The van der Waals surface area contributed by atoms with Crippen LogP contribution in [0.4, 0.5) is 5.95 Å². The van der Waals surface area contributed by atoms with Crippen LogP contribution >= 0.6 is 0 Å². The molecule has 1 fully saturated rings. The van der Waals surface area contributed by atoms with E-state index >= 15 is 0 Å². The first-order valence-electron chi connectivity index (χ1n) is 5.69. The largest absolute Gasteiger partial charge is 0.340 e. The number of anilines is 1. The number of piperidine rings is 1. The lowest BCUT2D eigenvalue weighted by Gasteiger charge is -2.30. The van der Waals surface area contributed by atoms with Gasteiger partial charge in [-0.1, -0.05) is 5.21 Å². The molecule has 7 heteroatoms. The fourth-order valence-corrected chi connectivity index (χ4v) is 2.17. The minimum Gasteiger partial charge on any atom is -0.340 e. The predicted molar refractivity (Wildman–Crippen MR) is 60.4 cm³/mol. The molecule has 0 aliphatic carbocycles. The van der Waals surface area contributed by atoms with Crippen LogP contribution in [0.15, 0.2) is 18.5 Å². The fraction of sp³-hybridized carbons (Fsp3) is 0.500. The third-order valence-corrected chi connectivity index (χ3v) is 2.98. The quantitative estimate of drug-likeness (QED) is 0.804. The van der Waals surface area contributed by atoms with Crippen molar-refractivity contribution >= 4 is 5.95 Å². The lowest BCUT2D eigenvalue weighted by atomic mass is 9.98. The van der Waals surface area contributed by atoms with E-state index < -0.39 is 0 Å². The van der Waals surface area contributed by atoms with E-state index in [0.717, 1.165) is 37.7 Å². The summed E-state index contributed by atoms with van der Waals surface area (Å²) in [4.78, 5) is 10.7. The minimum absolute atomic E-state index is 0.311. The third kappa shape index (κ3) is 2.08. The number of aromatic nitrogens is 6. The van der Waals surface area contributed by atoms with Crippen molar-refractivity contribution in [1.82, 2.24) is 30.6 Å². The van der Waals surface area contributed by atoms with Crippen molar-refractivity contribution in [3.63, 3.8) is 0 Å². The molecule has 0 spiro atoms. The highest BCUT2D eigenvalue weighted by Crippen LogP contribution is 2.25. The summed E-state index contributed by atoms with van der Waals surface area (Å²) in [5.41, 5.74) is 0. The summed E-state index contributed by atoms with van der Waals surface area (Å²) in [5, 5.41) is 14.2. The van der Waals surface area contributed by atoms with Crippen molar-refractivity contribution in [2.24, 2.45) is 0 Å². The van der Waals surface area contributed by atoms with Gasteiger partial charge in [-0.25, -0.2) is 9.97 Å². The molecule has 0 bridgehead atoms. The van der Waals surface area contributed by atoms with Crippen LogP contribution in [0.25, 0.3) is 0 Å². The number of rotatable bonds is 2. The van der Waals surface area contributed by atoms with Crippen LogP contribution in [0.5, 0.6) is 0 Å². The van der Waals surface area contributed by atoms with Gasteiger partial charge in [-0.2, -0.15) is 5.21 Å². The Morgan fingerprint density at radius 3 is 2.94 bits per heavy atom. The Hall–Kier alpha value is -2.05. The molecule has 2 aromatic rings. The van der Waals surface area contributed by atoms with Gasteiger partial charge in [-0.3, -0.25) is 0 Å². The lowest BCUT2D eigenvalue weighted by Crippen LogP contribution is -2.35. The topological polar surface area (TPSA) is 83.5 Å². The van der Waals surface area contributed by atoms with E-state index in [-0.39, 0.29) is 0 Å². The second-order valence-corrected chi connectivity index (χ2v) is 4.10. The first kappa shape index (κ1) is 10.1. The zero-order chi connectivity index (χ0) is 11.5. The lowest BCUT2D eigenvalue weighted by molar-refractivity contribution is 0.486. The number of tetrazole rings is 1. The van der Waals surface area contributed by atoms with Gasteiger partial charge < -0.3 is 4.90 Å². The van der Waals surface area contributed by atoms with E-state index in [9.17, 15) is 0 Å². The molecule has 0 aromatic carbocycles. The molecule has 0 radical (unpaired) electrons. The van der Waals surface area contributed by atoms with E-state index in [2.05, 4.69) is 35.5 Å². The molecule has 1 aliphatic heterocycles. The Labute approximate surface area is 98.3 Å². The minimum atomic E-state index is 0.311. The van der Waals surface area contributed by atoms with Crippen molar-refractivity contribution in [1.29, 1.82) is 0 Å². The van der Waals surface area contributed by atoms with Gasteiger partial charge in [0.1, 0.15) is 0 Å². The summed E-state index contributed by atoms with van der Waals surface area (Å²) in [6.07, 6.45) is 5.71. The number of hydrogen-bond acceptors (Lipinski definition) is 6. The maximum Gasteiger partial charge on any atom is 0.225 e. The molecule has 0 saturated carbocycles. The van der Waals surface area contributed by atoms with Crippen LogP contribution in [-0.2, 0) is 0 Å². The summed E-state index contributed by atoms with van der Waals surface area (Å²) in [6.45, 7) is 1.84. The molecule has 88 valence electrons. The molecule has 3 heterocycles. The number of H-pyrrole nitrogens is 1. The molecule has 1 saturated heterocycles. The monoisotopic (exact) mass is 231 g/mol. The van der Waals surface area contributed by atoms with Gasteiger partial charge in [-0.05, 0) is 18.9 Å². The van der Waals surface area contributed by atoms with Crippen LogP contribution in [-0.4, -0.2) is 43.7 Å². The van der Waals surface area contributed by atoms with Crippen LogP contribution in [0.2, 0.25) is 0 Å². The molecule has 1 unspecified atom stereocenters. The highest BCUT2D eigenvalue weighted by molar-refractivity contribution is 5.30. The Kier molecular flexibility index (Phi) is 2.65. The maximum absolute atomic E-state index is 4.27. The molecule has 1 N–H and O–H groups in total. The Balaban J connectivity index is 1.76. The number of aromatic amines is 1. The molecule has 2 aromatic heterocycles. The summed E-state index contributed by atoms with van der Waals surface area (Å²) < 4.78 is 0. The first-order chi connectivity index (χ1) is 8.43. The second kappa shape index (κ2) is 4.44. The molecule has 3 rings (SSSR count). The molecule has 0 amide bonds. The van der Waals surface area contributed by atoms with Crippen LogP contribution in [0.1, 0.15) is 24.6 Å². The van der Waals surface area contributed by atoms with Crippen molar-refractivity contribution < 1.29 is 0 Å². The average molecular weight is 231 g/mol. The highest BCUT2D eigenvalue weighted by Gasteiger charge is 2.25. The fourth-order valence-electron chi connectivity index (χ4n) is 2.17. The molecule has 17 heavy (non-hydrogen) atoms. The molecular weight excluding hydrogens is 218 g/mol. The van der Waals surface area contributed by atoms with Gasteiger partial charge in [-0.15, -0.1) is 10.2 Å². The van der Waals surface area contributed by atoms with Crippen LogP contribution in [0, 0.1) is 0 Å². The highest BCUT2D eigenvalue weighted by atomic mass is 15.5. The summed E-state index contributed by atoms with van der Waals surface area (Å²) in [6, 6.07) is 1.82. The first-order valence-corrected chi connectivity index (χ1v) is 5.69. The van der Waals surface area contributed by atoms with Crippen molar-refractivity contribution in [2.45, 2.75) is 18.8 Å². The number of nitrogens with zero attached hydrogens (tertiary/aromatic N) is 6. The van der Waals surface area contributed by atoms with Crippen molar-refractivity contribution in [3.05, 3.63) is 24.3 Å². The molecule has 1 aliphatic rings. The SMILES string of the molecule is c1cnc(N2CCCC(c3nn[nH]n3)C2)nc1. The van der Waals surface area contributed by atoms with E-state index in [1.807, 2.05) is 6.07 Å². The Morgan fingerprint density at radius 2 is 2.18 bits per heavy atom. The predicted octanol–water partition coefficient (Wildman–Crippen LogP) is 0.374. The van der Waals surface area contributed by atoms with Crippen molar-refractivity contribution in [3.8, 4) is 0 Å². The van der Waals surface area contributed by atoms with E-state index in [0.29, 0.717) is 5.92 Å². The normalized spacial score (nSPS) is 20.5. The van der Waals surface area contributed by atoms with Gasteiger partial charge >= 0.3 is 0 Å². The molecular formula is C10H13N7. The van der Waals surface area contributed by atoms with Gasteiger partial charge in [0, 0.05) is 31.4 Å². The van der Waals surface area contributed by atoms with Gasteiger partial charge in [0.15, 0.2) is 5.82 Å². The second-order valence-electron chi connectivity index (χ2n) is 4.10. The standard InChI is InChI=1S/C10H13N7/c1-3-8(9-13-15-16-14-9)7-17(6-1)10-11-4-2-5-12-10/h2,4-5,8H,1,3,6-7H2,(H,13,14,15,16). The molecule has 1 atom stereocenters. The zero-order valence-corrected chi connectivity index (χ0v) is 9.32. The Bertz CT molecular complexity index is 455. The van der Waals surface area contributed by atoms with Gasteiger partial charge in [0.25, 0.3) is 0 Å². The number of hydrogen-bond donors (Lipinski definition) is 1. The zero-order valence-electron chi connectivity index (χ0n) is 9.32. The Morgan fingerprint density at radius 1 is 1.29 bits per heavy atom. The van der Waals surface area contributed by atoms with Crippen LogP contribution in [0.3, 0.4) is 0 Å². The van der Waals surface area contributed by atoms with E-state index in [1.54, 1.807) is 12.4 Å². The van der Waals surface area contributed by atoms with E-state index in [4.69, 9.17) is 0 Å². The summed E-state index contributed by atoms with van der Waals surface area (Å²) >= 11 is 0. The van der Waals surface area contributed by atoms with Crippen LogP contribution < -0.4 is 4.90 Å². The third-order valence-electron chi connectivity index (χ3n) is 2.98. The van der Waals surface area contributed by atoms with Gasteiger partial charge in [0.2, 0.25) is 5.95 Å². The maximum atomic E-state index is 4.27. The van der Waals surface area contributed by atoms with Crippen molar-refractivity contribution in [2.75, 3.05) is 18.0 Å². The number of nitrogens with one attached hydrogen (secondary N) is 1. The smallest absolute Gasteiger partial charge is 0.225 e. The summed E-state index contributed by atoms with van der Waals surface area (Å²) in [5.74, 6) is 1.87. The van der Waals surface area contributed by atoms with E-state index in [1.165, 1.54) is 0 Å².